The van der Waals surface area contributed by atoms with Gasteiger partial charge in [-0.15, -0.1) is 0 Å². The molecule has 2 rings (SSSR count). The van der Waals surface area contributed by atoms with Crippen LogP contribution in [-0.4, -0.2) is 10.5 Å². The van der Waals surface area contributed by atoms with Crippen LogP contribution in [0.2, 0.25) is 0 Å². The zero-order valence-electron chi connectivity index (χ0n) is 17.6. The van der Waals surface area contributed by atoms with E-state index in [9.17, 15) is 9.90 Å². The zero-order chi connectivity index (χ0) is 20.2. The number of rotatable bonds is 14. The molecule has 4 nitrogen and oxygen atoms in total. The van der Waals surface area contributed by atoms with Crippen LogP contribution in [0.5, 0.6) is 0 Å². The van der Waals surface area contributed by atoms with Crippen molar-refractivity contribution >= 4 is 5.97 Å². The van der Waals surface area contributed by atoms with Gasteiger partial charge in [0.2, 0.25) is 0 Å². The lowest BCUT2D eigenvalue weighted by Gasteiger charge is -2.12. The van der Waals surface area contributed by atoms with E-state index in [0.29, 0.717) is 6.54 Å². The third-order valence-electron chi connectivity index (χ3n) is 5.41. The number of carbonyl (C=O) groups excluding carboxylic acids is 1. The lowest BCUT2D eigenvalue weighted by atomic mass is 10.1. The minimum atomic E-state index is -0.985. The molecule has 0 bridgehead atoms. The highest BCUT2D eigenvalue weighted by molar-refractivity contribution is 5.66. The number of aromatic nitrogens is 2. The second-order valence-electron chi connectivity index (χ2n) is 7.93. The van der Waals surface area contributed by atoms with Crippen molar-refractivity contribution in [2.45, 2.75) is 84.7 Å². The van der Waals surface area contributed by atoms with Gasteiger partial charge in [-0.1, -0.05) is 89.1 Å². The fourth-order valence-electron chi connectivity index (χ4n) is 3.66. The topological polar surface area (TPSA) is 48.9 Å². The predicted molar refractivity (Wildman–Crippen MR) is 111 cm³/mol. The molecule has 0 fully saturated rings. The Kier molecular flexibility index (Phi) is 9.81. The van der Waals surface area contributed by atoms with Gasteiger partial charge in [-0.25, -0.2) is 9.13 Å². The van der Waals surface area contributed by atoms with E-state index >= 15 is 0 Å². The summed E-state index contributed by atoms with van der Waals surface area (Å²) in [4.78, 5) is 11.2. The summed E-state index contributed by atoms with van der Waals surface area (Å²) in [5.41, 5.74) is 1.26. The van der Waals surface area contributed by atoms with Crippen molar-refractivity contribution in [1.29, 1.82) is 0 Å². The van der Waals surface area contributed by atoms with Crippen LogP contribution < -0.4 is 9.67 Å². The summed E-state index contributed by atoms with van der Waals surface area (Å²) in [7, 11) is 0. The van der Waals surface area contributed by atoms with E-state index in [0.717, 1.165) is 19.4 Å². The quantitative estimate of drug-likeness (QED) is 0.366. The summed E-state index contributed by atoms with van der Waals surface area (Å²) in [6, 6.07) is 10.4. The SMILES string of the molecule is CCCCCCCCCCc1n(CC(C)C(=O)[O-])cc[n+]1Cc1ccccc1. The molecule has 0 N–H and O–H groups in total. The molecule has 0 amide bonds. The average Bonchev–Trinajstić information content (AvgIpc) is 3.06. The van der Waals surface area contributed by atoms with Crippen molar-refractivity contribution in [1.82, 2.24) is 4.57 Å². The van der Waals surface area contributed by atoms with Crippen molar-refractivity contribution in [3.63, 3.8) is 0 Å². The third-order valence-corrected chi connectivity index (χ3v) is 5.41. The maximum absolute atomic E-state index is 11.2. The van der Waals surface area contributed by atoms with Crippen molar-refractivity contribution in [3.05, 3.63) is 54.1 Å². The number of nitrogens with zero attached hydrogens (tertiary/aromatic N) is 2. The highest BCUT2D eigenvalue weighted by Crippen LogP contribution is 2.12. The van der Waals surface area contributed by atoms with Gasteiger partial charge in [0.1, 0.15) is 18.9 Å². The molecule has 0 aliphatic heterocycles. The summed E-state index contributed by atoms with van der Waals surface area (Å²) in [6.07, 6.45) is 15.4. The number of unbranched alkanes of at least 4 members (excludes halogenated alkanes) is 7. The number of aliphatic carboxylic acids is 1. The predicted octanol–water partition coefficient (Wildman–Crippen LogP) is 3.89. The van der Waals surface area contributed by atoms with Crippen molar-refractivity contribution in [2.24, 2.45) is 5.92 Å². The van der Waals surface area contributed by atoms with Crippen LogP contribution in [0.15, 0.2) is 42.7 Å². The summed E-state index contributed by atoms with van der Waals surface area (Å²) in [6.45, 7) is 5.26. The first-order valence-electron chi connectivity index (χ1n) is 10.9. The van der Waals surface area contributed by atoms with Crippen molar-refractivity contribution < 1.29 is 14.5 Å². The lowest BCUT2D eigenvalue weighted by Crippen LogP contribution is -2.39. The molecule has 2 aromatic rings. The number of benzene rings is 1. The number of hydrogen-bond donors (Lipinski definition) is 0. The molecule has 0 radical (unpaired) electrons. The summed E-state index contributed by atoms with van der Waals surface area (Å²) in [5.74, 6) is -0.265. The highest BCUT2D eigenvalue weighted by atomic mass is 16.4. The van der Waals surface area contributed by atoms with Gasteiger partial charge < -0.3 is 9.90 Å². The van der Waals surface area contributed by atoms with E-state index in [1.807, 2.05) is 12.3 Å². The average molecular weight is 385 g/mol. The van der Waals surface area contributed by atoms with Crippen LogP contribution in [0.3, 0.4) is 0 Å². The molecule has 4 heteroatoms. The Balaban J connectivity index is 1.95. The Labute approximate surface area is 170 Å². The number of carboxylic acids is 1. The van der Waals surface area contributed by atoms with Gasteiger partial charge in [0, 0.05) is 18.3 Å². The number of carbonyl (C=O) groups is 1. The molecule has 0 saturated carbocycles. The van der Waals surface area contributed by atoms with Crippen molar-refractivity contribution in [3.8, 4) is 0 Å². The van der Waals surface area contributed by atoms with Crippen molar-refractivity contribution in [2.75, 3.05) is 0 Å². The maximum atomic E-state index is 11.2. The lowest BCUT2D eigenvalue weighted by molar-refractivity contribution is -0.695. The van der Waals surface area contributed by atoms with Crippen LogP contribution in [0, 0.1) is 5.92 Å². The second kappa shape index (κ2) is 12.4. The van der Waals surface area contributed by atoms with Gasteiger partial charge in [0.25, 0.3) is 5.82 Å². The van der Waals surface area contributed by atoms with Gasteiger partial charge in [0.05, 0.1) is 6.54 Å². The van der Waals surface area contributed by atoms with Crippen LogP contribution >= 0.6 is 0 Å². The van der Waals surface area contributed by atoms with E-state index in [4.69, 9.17) is 0 Å². The molecule has 0 aliphatic carbocycles. The third kappa shape index (κ3) is 7.49. The van der Waals surface area contributed by atoms with Gasteiger partial charge in [0.15, 0.2) is 0 Å². The van der Waals surface area contributed by atoms with Gasteiger partial charge in [-0.2, -0.15) is 0 Å². The van der Waals surface area contributed by atoms with Gasteiger partial charge >= 0.3 is 0 Å². The highest BCUT2D eigenvalue weighted by Gasteiger charge is 2.19. The largest absolute Gasteiger partial charge is 0.550 e. The Morgan fingerprint density at radius 2 is 1.68 bits per heavy atom. The van der Waals surface area contributed by atoms with Crippen LogP contribution in [-0.2, 0) is 24.3 Å². The van der Waals surface area contributed by atoms with E-state index in [1.165, 1.54) is 56.3 Å². The van der Waals surface area contributed by atoms with Crippen LogP contribution in [0.4, 0.5) is 0 Å². The van der Waals surface area contributed by atoms with Crippen LogP contribution in [0.25, 0.3) is 0 Å². The molecule has 154 valence electrons. The summed E-state index contributed by atoms with van der Waals surface area (Å²) < 4.78 is 4.36. The molecule has 1 atom stereocenters. The first-order chi connectivity index (χ1) is 13.6. The monoisotopic (exact) mass is 384 g/mol. The molecule has 0 aliphatic rings. The van der Waals surface area contributed by atoms with E-state index in [1.54, 1.807) is 6.92 Å². The van der Waals surface area contributed by atoms with E-state index < -0.39 is 11.9 Å². The molecular weight excluding hydrogens is 348 g/mol. The fourth-order valence-corrected chi connectivity index (χ4v) is 3.66. The maximum Gasteiger partial charge on any atom is 0.256 e. The normalized spacial score (nSPS) is 12.2. The standard InChI is InChI=1S/C24H36N2O2/c1-3-4-5-6-7-8-9-13-16-23-25(19-21(2)24(27)28)17-18-26(23)20-22-14-11-10-12-15-22/h10-12,14-15,17-18,21H,3-9,13,16,19-20H2,1-2H3. The molecule has 1 unspecified atom stereocenters. The summed E-state index contributed by atoms with van der Waals surface area (Å²) >= 11 is 0. The van der Waals surface area contributed by atoms with Gasteiger partial charge in [-0.3, -0.25) is 0 Å². The first-order valence-corrected chi connectivity index (χ1v) is 10.9. The first kappa shape index (κ1) is 22.2. The van der Waals surface area contributed by atoms with E-state index in [-0.39, 0.29) is 0 Å². The summed E-state index contributed by atoms with van der Waals surface area (Å²) in [5, 5.41) is 11.2. The molecule has 0 saturated heterocycles. The molecular formula is C24H36N2O2. The fraction of sp³-hybridized carbons (Fsp3) is 0.583. The molecule has 1 heterocycles. The molecule has 0 spiro atoms. The molecule has 28 heavy (non-hydrogen) atoms. The minimum absolute atomic E-state index is 0.469. The van der Waals surface area contributed by atoms with Gasteiger partial charge in [-0.05, 0) is 12.0 Å². The van der Waals surface area contributed by atoms with Crippen LogP contribution in [0.1, 0.15) is 76.6 Å². The number of imidazole rings is 1. The molecule has 1 aromatic heterocycles. The molecule has 1 aromatic carbocycles. The smallest absolute Gasteiger partial charge is 0.256 e. The Morgan fingerprint density at radius 1 is 1.04 bits per heavy atom. The second-order valence-corrected chi connectivity index (χ2v) is 7.93. The Bertz CT molecular complexity index is 694. The zero-order valence-corrected chi connectivity index (χ0v) is 17.6. The number of hydrogen-bond acceptors (Lipinski definition) is 2. The minimum Gasteiger partial charge on any atom is -0.550 e. The Morgan fingerprint density at radius 3 is 2.32 bits per heavy atom. The van der Waals surface area contributed by atoms with E-state index in [2.05, 4.69) is 46.5 Å². The Hall–Kier alpha value is -2.10. The number of carboxylic acid groups (broad SMARTS) is 1.